The van der Waals surface area contributed by atoms with E-state index in [4.69, 9.17) is 15.3 Å². The van der Waals surface area contributed by atoms with Crippen molar-refractivity contribution in [2.45, 2.75) is 6.10 Å². The summed E-state index contributed by atoms with van der Waals surface area (Å²) in [6, 6.07) is 0. The summed E-state index contributed by atoms with van der Waals surface area (Å²) in [7, 11) is 0. The third kappa shape index (κ3) is 10.3. The van der Waals surface area contributed by atoms with Crippen molar-refractivity contribution >= 4 is 17.4 Å². The van der Waals surface area contributed by atoms with Crippen LogP contribution in [0.15, 0.2) is 0 Å². The third-order valence-electron chi connectivity index (χ3n) is 0.421. The topological polar surface area (TPSA) is 60.7 Å². The van der Waals surface area contributed by atoms with Gasteiger partial charge in [-0.1, -0.05) is 0 Å². The molecule has 0 aromatic carbocycles. The van der Waals surface area contributed by atoms with Gasteiger partial charge >= 0.3 is 0 Å². The average Bonchev–Trinajstić information content (AvgIpc) is 1.65. The van der Waals surface area contributed by atoms with Crippen LogP contribution in [0.2, 0.25) is 0 Å². The molecule has 0 amide bonds. The molecular weight excluding hydrogens is 202 g/mol. The van der Waals surface area contributed by atoms with Crippen LogP contribution < -0.4 is 0 Å². The third-order valence-corrected chi connectivity index (χ3v) is 0.421. The summed E-state index contributed by atoms with van der Waals surface area (Å²) in [5, 5.41) is 24.0. The molecular formula is C3H8AlO3Zr. The molecule has 0 fully saturated rings. The monoisotopic (exact) mass is 209 g/mol. The molecule has 0 unspecified atom stereocenters. The number of aliphatic hydroxyl groups is 3. The predicted molar refractivity (Wildman–Crippen MR) is 25.9 cm³/mol. The molecule has 0 rings (SSSR count). The van der Waals surface area contributed by atoms with Crippen LogP contribution in [0, 0.1) is 0 Å². The Morgan fingerprint density at radius 2 is 1.38 bits per heavy atom. The van der Waals surface area contributed by atoms with Gasteiger partial charge in [0.25, 0.3) is 0 Å². The maximum absolute atomic E-state index is 8.17. The molecule has 0 bridgehead atoms. The zero-order valence-electron chi connectivity index (χ0n) is 4.41. The predicted octanol–water partition coefficient (Wildman–Crippen LogP) is -2.05. The molecule has 0 atom stereocenters. The summed E-state index contributed by atoms with van der Waals surface area (Å²) in [6.07, 6.45) is -0.954. The number of aliphatic hydroxyl groups excluding tert-OH is 3. The maximum atomic E-state index is 8.17. The summed E-state index contributed by atoms with van der Waals surface area (Å²) >= 11 is 0. The summed E-state index contributed by atoms with van der Waals surface area (Å²) in [6.45, 7) is -0.729. The number of hydrogen-bond donors (Lipinski definition) is 3. The molecule has 0 saturated carbocycles. The zero-order chi connectivity index (χ0) is 4.99. The molecule has 3 radical (unpaired) electrons. The van der Waals surface area contributed by atoms with Gasteiger partial charge in [-0.25, -0.2) is 0 Å². The van der Waals surface area contributed by atoms with Gasteiger partial charge < -0.3 is 15.3 Å². The molecule has 5 heteroatoms. The van der Waals surface area contributed by atoms with Gasteiger partial charge in [-0.2, -0.15) is 0 Å². The van der Waals surface area contributed by atoms with Crippen molar-refractivity contribution in [2.75, 3.05) is 13.2 Å². The summed E-state index contributed by atoms with van der Waals surface area (Å²) in [4.78, 5) is 0. The second-order valence-electron chi connectivity index (χ2n) is 1.02. The fourth-order valence-corrected chi connectivity index (χ4v) is 0.0577. The molecule has 8 heavy (non-hydrogen) atoms. The second kappa shape index (κ2) is 11.1. The van der Waals surface area contributed by atoms with Gasteiger partial charge in [-0.3, -0.25) is 0 Å². The van der Waals surface area contributed by atoms with Crippen LogP contribution >= 0.6 is 0 Å². The van der Waals surface area contributed by atoms with Crippen LogP contribution in [0.3, 0.4) is 0 Å². The Kier molecular flexibility index (Phi) is 22.5. The molecule has 45 valence electrons. The minimum Gasteiger partial charge on any atom is -0.394 e. The standard InChI is InChI=1S/C3H8O3.Al.Zr/c4-1-3(6)2-5;;/h3-6H,1-2H2;;. The van der Waals surface area contributed by atoms with Crippen LogP contribution in [0.1, 0.15) is 0 Å². The Morgan fingerprint density at radius 3 is 1.38 bits per heavy atom. The quantitative estimate of drug-likeness (QED) is 0.460. The number of hydrogen-bond acceptors (Lipinski definition) is 3. The molecule has 0 aromatic rings. The van der Waals surface area contributed by atoms with E-state index in [2.05, 4.69) is 0 Å². The van der Waals surface area contributed by atoms with Crippen molar-refractivity contribution in [1.29, 1.82) is 0 Å². The molecule has 0 aromatic heterocycles. The fraction of sp³-hybridized carbons (Fsp3) is 1.00. The van der Waals surface area contributed by atoms with Crippen molar-refractivity contribution in [3.05, 3.63) is 0 Å². The Bertz CT molecular complexity index is 33.7. The Hall–Kier alpha value is 1.30. The van der Waals surface area contributed by atoms with E-state index in [0.29, 0.717) is 0 Å². The molecule has 3 nitrogen and oxygen atoms in total. The van der Waals surface area contributed by atoms with E-state index < -0.39 is 6.10 Å². The molecule has 3 N–H and O–H groups in total. The van der Waals surface area contributed by atoms with Gasteiger partial charge in [-0.05, 0) is 0 Å². The van der Waals surface area contributed by atoms with Crippen molar-refractivity contribution in [2.24, 2.45) is 0 Å². The molecule has 0 spiro atoms. The molecule has 0 saturated heterocycles. The van der Waals surface area contributed by atoms with Crippen LogP contribution in [0.5, 0.6) is 0 Å². The van der Waals surface area contributed by atoms with Crippen LogP contribution in [0.25, 0.3) is 0 Å². The summed E-state index contributed by atoms with van der Waals surface area (Å²) in [5.41, 5.74) is 0. The molecule has 0 aliphatic heterocycles. The van der Waals surface area contributed by atoms with E-state index in [1.165, 1.54) is 0 Å². The van der Waals surface area contributed by atoms with Crippen LogP contribution in [0.4, 0.5) is 0 Å². The summed E-state index contributed by atoms with van der Waals surface area (Å²) < 4.78 is 0. The first-order chi connectivity index (χ1) is 2.81. The van der Waals surface area contributed by atoms with Gasteiger partial charge in [0.15, 0.2) is 0 Å². The first-order valence-electron chi connectivity index (χ1n) is 1.71. The molecule has 0 heterocycles. The van der Waals surface area contributed by atoms with E-state index >= 15 is 0 Å². The van der Waals surface area contributed by atoms with Crippen molar-refractivity contribution < 1.29 is 41.5 Å². The Balaban J connectivity index is -0.000000125. The van der Waals surface area contributed by atoms with Gasteiger partial charge in [0.05, 0.1) is 13.2 Å². The van der Waals surface area contributed by atoms with Gasteiger partial charge in [0, 0.05) is 43.6 Å². The van der Waals surface area contributed by atoms with Gasteiger partial charge in [-0.15, -0.1) is 0 Å². The first kappa shape index (κ1) is 16.1. The average molecular weight is 210 g/mol. The van der Waals surface area contributed by atoms with E-state index in [1.807, 2.05) is 0 Å². The van der Waals surface area contributed by atoms with Crippen molar-refractivity contribution in [3.63, 3.8) is 0 Å². The fourth-order valence-electron chi connectivity index (χ4n) is 0.0577. The van der Waals surface area contributed by atoms with E-state index in [0.717, 1.165) is 0 Å². The van der Waals surface area contributed by atoms with Crippen LogP contribution in [-0.2, 0) is 26.2 Å². The summed E-state index contributed by atoms with van der Waals surface area (Å²) in [5.74, 6) is 0. The second-order valence-corrected chi connectivity index (χ2v) is 1.02. The van der Waals surface area contributed by atoms with Crippen molar-refractivity contribution in [3.8, 4) is 0 Å². The van der Waals surface area contributed by atoms with E-state index in [1.54, 1.807) is 0 Å². The smallest absolute Gasteiger partial charge is 0.100 e. The maximum Gasteiger partial charge on any atom is 0.100 e. The first-order valence-corrected chi connectivity index (χ1v) is 1.71. The molecule has 0 aliphatic carbocycles. The minimum absolute atomic E-state index is 0. The van der Waals surface area contributed by atoms with Gasteiger partial charge in [0.1, 0.15) is 6.10 Å². The number of rotatable bonds is 2. The van der Waals surface area contributed by atoms with Crippen molar-refractivity contribution in [1.82, 2.24) is 0 Å². The van der Waals surface area contributed by atoms with Crippen LogP contribution in [-0.4, -0.2) is 52.0 Å². The SMILES string of the molecule is OCC(O)CO.[Al].[Zr]. The zero-order valence-corrected chi connectivity index (χ0v) is 8.02. The normalized spacial score (nSPS) is 7.50. The minimum atomic E-state index is -0.954. The molecule has 0 aliphatic rings. The Morgan fingerprint density at radius 1 is 1.12 bits per heavy atom. The van der Waals surface area contributed by atoms with Gasteiger partial charge in [0.2, 0.25) is 0 Å². The largest absolute Gasteiger partial charge is 0.394 e. The van der Waals surface area contributed by atoms with E-state index in [9.17, 15) is 0 Å². The van der Waals surface area contributed by atoms with E-state index in [-0.39, 0.29) is 56.8 Å². The Labute approximate surface area is 78.0 Å².